The van der Waals surface area contributed by atoms with E-state index in [2.05, 4.69) is 5.32 Å². The van der Waals surface area contributed by atoms with Crippen molar-refractivity contribution in [3.63, 3.8) is 0 Å². The molecular formula is C24H25F2N3O2S. The van der Waals surface area contributed by atoms with E-state index >= 15 is 0 Å². The Labute approximate surface area is 190 Å². The van der Waals surface area contributed by atoms with Crippen LogP contribution in [0.15, 0.2) is 66.0 Å². The molecule has 0 saturated carbocycles. The summed E-state index contributed by atoms with van der Waals surface area (Å²) in [4.78, 5) is 30.0. The van der Waals surface area contributed by atoms with Gasteiger partial charge in [-0.05, 0) is 55.1 Å². The lowest BCUT2D eigenvalue weighted by atomic mass is 10.2. The van der Waals surface area contributed by atoms with Gasteiger partial charge in [-0.1, -0.05) is 30.3 Å². The molecule has 1 heterocycles. The lowest BCUT2D eigenvalue weighted by Crippen LogP contribution is -2.47. The van der Waals surface area contributed by atoms with Crippen LogP contribution in [0.1, 0.15) is 24.3 Å². The predicted octanol–water partition coefficient (Wildman–Crippen LogP) is 5.50. The number of hydrogen-bond donors (Lipinski definition) is 1. The highest BCUT2D eigenvalue weighted by atomic mass is 32.1. The van der Waals surface area contributed by atoms with E-state index in [1.54, 1.807) is 36.9 Å². The largest absolute Gasteiger partial charge is 0.332 e. The number of para-hydroxylation sites is 1. The van der Waals surface area contributed by atoms with Crippen molar-refractivity contribution in [2.24, 2.45) is 0 Å². The molecule has 32 heavy (non-hydrogen) atoms. The van der Waals surface area contributed by atoms with Gasteiger partial charge in [-0.3, -0.25) is 4.79 Å². The average molecular weight is 458 g/mol. The summed E-state index contributed by atoms with van der Waals surface area (Å²) in [6.45, 7) is 4.05. The highest BCUT2D eigenvalue weighted by Crippen LogP contribution is 2.17. The monoisotopic (exact) mass is 457 g/mol. The number of nitrogens with zero attached hydrogens (tertiary/aromatic N) is 2. The summed E-state index contributed by atoms with van der Waals surface area (Å²) in [7, 11) is 0. The van der Waals surface area contributed by atoms with Crippen LogP contribution in [0.4, 0.5) is 19.3 Å². The average Bonchev–Trinajstić information content (AvgIpc) is 3.27. The van der Waals surface area contributed by atoms with Crippen LogP contribution in [0.5, 0.6) is 0 Å². The van der Waals surface area contributed by atoms with Crippen LogP contribution >= 0.6 is 11.3 Å². The van der Waals surface area contributed by atoms with E-state index in [0.717, 1.165) is 10.4 Å². The van der Waals surface area contributed by atoms with E-state index in [1.807, 2.05) is 17.5 Å². The highest BCUT2D eigenvalue weighted by molar-refractivity contribution is 7.09. The van der Waals surface area contributed by atoms with Crippen molar-refractivity contribution in [2.75, 3.05) is 11.9 Å². The Balaban J connectivity index is 1.75. The topological polar surface area (TPSA) is 52.7 Å². The molecule has 0 saturated heterocycles. The second-order valence-electron chi connectivity index (χ2n) is 7.59. The Kier molecular flexibility index (Phi) is 7.94. The normalized spacial score (nSPS) is 10.8. The Bertz CT molecular complexity index is 1040. The highest BCUT2D eigenvalue weighted by Gasteiger charge is 2.24. The smallest absolute Gasteiger partial charge is 0.322 e. The number of amides is 3. The molecule has 5 nitrogen and oxygen atoms in total. The van der Waals surface area contributed by atoms with E-state index in [1.165, 1.54) is 46.6 Å². The van der Waals surface area contributed by atoms with E-state index in [9.17, 15) is 18.4 Å². The van der Waals surface area contributed by atoms with Crippen LogP contribution in [0.3, 0.4) is 0 Å². The summed E-state index contributed by atoms with van der Waals surface area (Å²) in [5.74, 6) is -1.16. The van der Waals surface area contributed by atoms with Gasteiger partial charge in [-0.15, -0.1) is 11.3 Å². The third kappa shape index (κ3) is 6.37. The summed E-state index contributed by atoms with van der Waals surface area (Å²) in [5, 5.41) is 4.47. The third-order valence-electron chi connectivity index (χ3n) is 4.87. The number of nitrogens with one attached hydrogen (secondary N) is 1. The first kappa shape index (κ1) is 23.4. The zero-order chi connectivity index (χ0) is 23.1. The van der Waals surface area contributed by atoms with Crippen molar-refractivity contribution in [3.05, 3.63) is 88.1 Å². The Morgan fingerprint density at radius 2 is 1.69 bits per heavy atom. The van der Waals surface area contributed by atoms with Gasteiger partial charge in [0.25, 0.3) is 0 Å². The molecule has 8 heteroatoms. The fourth-order valence-electron chi connectivity index (χ4n) is 3.12. The summed E-state index contributed by atoms with van der Waals surface area (Å²) in [6.07, 6.45) is 0. The van der Waals surface area contributed by atoms with E-state index in [-0.39, 0.29) is 36.5 Å². The molecule has 0 aliphatic carbocycles. The molecule has 168 valence electrons. The molecule has 0 bridgehead atoms. The van der Waals surface area contributed by atoms with Gasteiger partial charge >= 0.3 is 6.03 Å². The van der Waals surface area contributed by atoms with Gasteiger partial charge in [0.1, 0.15) is 18.2 Å². The molecule has 0 atom stereocenters. The summed E-state index contributed by atoms with van der Waals surface area (Å²) < 4.78 is 27.2. The minimum Gasteiger partial charge on any atom is -0.332 e. The maximum Gasteiger partial charge on any atom is 0.322 e. The van der Waals surface area contributed by atoms with Gasteiger partial charge < -0.3 is 15.1 Å². The van der Waals surface area contributed by atoms with Crippen molar-refractivity contribution in [3.8, 4) is 0 Å². The van der Waals surface area contributed by atoms with Crippen molar-refractivity contribution in [1.29, 1.82) is 0 Å². The molecule has 0 spiro atoms. The third-order valence-corrected chi connectivity index (χ3v) is 5.73. The van der Waals surface area contributed by atoms with Gasteiger partial charge in [-0.25, -0.2) is 13.6 Å². The molecule has 0 radical (unpaired) electrons. The van der Waals surface area contributed by atoms with Gasteiger partial charge in [0.05, 0.1) is 12.2 Å². The first-order chi connectivity index (χ1) is 15.3. The molecule has 0 fully saturated rings. The number of carbonyl (C=O) groups is 2. The number of urea groups is 1. The minimum absolute atomic E-state index is 0.0531. The number of anilines is 1. The van der Waals surface area contributed by atoms with Crippen LogP contribution in [0.25, 0.3) is 0 Å². The van der Waals surface area contributed by atoms with Gasteiger partial charge in [0, 0.05) is 17.5 Å². The second kappa shape index (κ2) is 10.9. The van der Waals surface area contributed by atoms with Crippen LogP contribution < -0.4 is 5.32 Å². The fraction of sp³-hybridized carbons (Fsp3) is 0.250. The lowest BCUT2D eigenvalue weighted by molar-refractivity contribution is -0.133. The minimum atomic E-state index is -0.559. The summed E-state index contributed by atoms with van der Waals surface area (Å²) in [5.41, 5.74) is 0.834. The second-order valence-corrected chi connectivity index (χ2v) is 8.62. The van der Waals surface area contributed by atoms with Crippen molar-refractivity contribution in [2.45, 2.75) is 33.0 Å². The van der Waals surface area contributed by atoms with E-state index in [0.29, 0.717) is 6.54 Å². The maximum absolute atomic E-state index is 14.0. The quantitative estimate of drug-likeness (QED) is 0.486. The Hall–Kier alpha value is -3.26. The van der Waals surface area contributed by atoms with Crippen LogP contribution in [0.2, 0.25) is 0 Å². The number of rotatable bonds is 8. The molecule has 3 aromatic rings. The van der Waals surface area contributed by atoms with Gasteiger partial charge in [0.15, 0.2) is 0 Å². The van der Waals surface area contributed by atoms with E-state index in [4.69, 9.17) is 0 Å². The Morgan fingerprint density at radius 3 is 2.31 bits per heavy atom. The lowest BCUT2D eigenvalue weighted by Gasteiger charge is -2.30. The molecule has 2 aromatic carbocycles. The zero-order valence-electron chi connectivity index (χ0n) is 17.9. The standard InChI is InChI=1S/C24H25F2N3O2S/c1-17(2)29(24(31)27-22-8-4-3-7-21(22)26)16-23(30)28(15-20-6-5-13-32-20)14-18-9-11-19(25)12-10-18/h3-13,17H,14-16H2,1-2H3,(H,27,31). The van der Waals surface area contributed by atoms with Crippen LogP contribution in [-0.4, -0.2) is 34.3 Å². The number of thiophene rings is 1. The first-order valence-electron chi connectivity index (χ1n) is 10.2. The summed E-state index contributed by atoms with van der Waals surface area (Å²) >= 11 is 1.53. The SMILES string of the molecule is CC(C)N(CC(=O)N(Cc1ccc(F)cc1)Cc1cccs1)C(=O)Nc1ccccc1F. The molecule has 1 N–H and O–H groups in total. The zero-order valence-corrected chi connectivity index (χ0v) is 18.7. The number of hydrogen-bond acceptors (Lipinski definition) is 3. The van der Waals surface area contributed by atoms with Crippen LogP contribution in [0, 0.1) is 11.6 Å². The van der Waals surface area contributed by atoms with Crippen LogP contribution in [-0.2, 0) is 17.9 Å². The van der Waals surface area contributed by atoms with Crippen molar-refractivity contribution < 1.29 is 18.4 Å². The fourth-order valence-corrected chi connectivity index (χ4v) is 3.84. The first-order valence-corrected chi connectivity index (χ1v) is 11.1. The predicted molar refractivity (Wildman–Crippen MR) is 122 cm³/mol. The molecule has 3 amide bonds. The van der Waals surface area contributed by atoms with Gasteiger partial charge in [0.2, 0.25) is 5.91 Å². The van der Waals surface area contributed by atoms with Crippen molar-refractivity contribution in [1.82, 2.24) is 9.80 Å². The maximum atomic E-state index is 14.0. The molecule has 3 rings (SSSR count). The molecule has 0 unspecified atom stereocenters. The molecular weight excluding hydrogens is 432 g/mol. The van der Waals surface area contributed by atoms with Gasteiger partial charge in [-0.2, -0.15) is 0 Å². The van der Waals surface area contributed by atoms with Crippen molar-refractivity contribution >= 4 is 29.0 Å². The molecule has 0 aliphatic heterocycles. The number of halogens is 2. The molecule has 0 aliphatic rings. The summed E-state index contributed by atoms with van der Waals surface area (Å²) in [6, 6.07) is 14.8. The number of benzene rings is 2. The number of carbonyl (C=O) groups excluding carboxylic acids is 2. The Morgan fingerprint density at radius 1 is 0.969 bits per heavy atom. The molecule has 1 aromatic heterocycles. The van der Waals surface area contributed by atoms with E-state index < -0.39 is 11.8 Å².